The number of ether oxygens (including phenoxy) is 2. The largest absolute Gasteiger partial charge is 0.500 e. The Morgan fingerprint density at radius 1 is 1.52 bits per heavy atom. The van der Waals surface area contributed by atoms with Crippen LogP contribution in [0.5, 0.6) is 11.5 Å². The Labute approximate surface area is 122 Å². The second-order valence-electron chi connectivity index (χ2n) is 4.75. The van der Waals surface area contributed by atoms with Gasteiger partial charge in [0.05, 0.1) is 25.2 Å². The number of phenolic OH excluding ortho intramolecular Hbond substituents is 1. The van der Waals surface area contributed by atoms with E-state index in [4.69, 9.17) is 15.2 Å². The highest BCUT2D eigenvalue weighted by Gasteiger charge is 2.27. The molecule has 1 aliphatic heterocycles. The Balaban J connectivity index is 2.40. The highest BCUT2D eigenvalue weighted by Crippen LogP contribution is 2.39. The summed E-state index contributed by atoms with van der Waals surface area (Å²) in [7, 11) is 1.36. The zero-order valence-electron chi connectivity index (χ0n) is 11.8. The van der Waals surface area contributed by atoms with Crippen LogP contribution in [-0.4, -0.2) is 54.9 Å². The second-order valence-corrected chi connectivity index (χ2v) is 4.75. The number of nitro benzene ring substituents is 1. The van der Waals surface area contributed by atoms with Crippen molar-refractivity contribution in [1.82, 2.24) is 4.90 Å². The molecular weight excluding hydrogens is 278 g/mol. The van der Waals surface area contributed by atoms with Crippen LogP contribution in [-0.2, 0) is 4.74 Å². The van der Waals surface area contributed by atoms with Crippen LogP contribution in [0.15, 0.2) is 12.1 Å². The van der Waals surface area contributed by atoms with Gasteiger partial charge in [0.1, 0.15) is 0 Å². The molecule has 0 spiro atoms. The summed E-state index contributed by atoms with van der Waals surface area (Å²) in [6, 6.07) is 2.77. The van der Waals surface area contributed by atoms with Crippen LogP contribution in [0.4, 0.5) is 5.69 Å². The van der Waals surface area contributed by atoms with Crippen LogP contribution >= 0.6 is 0 Å². The number of methoxy groups -OCH3 is 1. The SMILES string of the molecule is COc1cc(C(CN)N2CCOCC2)cc([N+](=O)[O-])c1O. The summed E-state index contributed by atoms with van der Waals surface area (Å²) in [5.74, 6) is -0.394. The van der Waals surface area contributed by atoms with Crippen molar-refractivity contribution < 1.29 is 19.5 Å². The minimum atomic E-state index is -0.631. The van der Waals surface area contributed by atoms with E-state index in [9.17, 15) is 15.2 Å². The zero-order valence-corrected chi connectivity index (χ0v) is 11.8. The summed E-state index contributed by atoms with van der Waals surface area (Å²) in [5.41, 5.74) is 6.11. The molecule has 0 radical (unpaired) electrons. The van der Waals surface area contributed by atoms with Crippen molar-refractivity contribution in [2.24, 2.45) is 5.73 Å². The fourth-order valence-electron chi connectivity index (χ4n) is 2.49. The lowest BCUT2D eigenvalue weighted by Crippen LogP contribution is -2.41. The first-order valence-electron chi connectivity index (χ1n) is 6.65. The van der Waals surface area contributed by atoms with Gasteiger partial charge in [0.25, 0.3) is 0 Å². The molecule has 1 aromatic rings. The maximum Gasteiger partial charge on any atom is 0.314 e. The van der Waals surface area contributed by atoms with Crippen molar-refractivity contribution in [3.05, 3.63) is 27.8 Å². The van der Waals surface area contributed by atoms with E-state index < -0.39 is 10.7 Å². The Morgan fingerprint density at radius 2 is 2.19 bits per heavy atom. The maximum atomic E-state index is 11.1. The number of nitrogens with zero attached hydrogens (tertiary/aromatic N) is 2. The van der Waals surface area contributed by atoms with E-state index in [0.29, 0.717) is 38.4 Å². The molecular formula is C13H19N3O5. The van der Waals surface area contributed by atoms with Crippen LogP contribution in [0.3, 0.4) is 0 Å². The standard InChI is InChI=1S/C13H19N3O5/c1-20-12-7-9(6-10(13(12)17)16(18)19)11(8-14)15-2-4-21-5-3-15/h6-7,11,17H,2-5,8,14H2,1H3. The smallest absolute Gasteiger partial charge is 0.314 e. The van der Waals surface area contributed by atoms with Crippen LogP contribution in [0.1, 0.15) is 11.6 Å². The highest BCUT2D eigenvalue weighted by atomic mass is 16.6. The molecule has 1 heterocycles. The van der Waals surface area contributed by atoms with Crippen molar-refractivity contribution in [3.8, 4) is 11.5 Å². The van der Waals surface area contributed by atoms with Gasteiger partial charge in [0, 0.05) is 31.7 Å². The molecule has 0 amide bonds. The Hall–Kier alpha value is -1.90. The van der Waals surface area contributed by atoms with E-state index in [1.165, 1.54) is 13.2 Å². The lowest BCUT2D eigenvalue weighted by Gasteiger charge is -2.34. The molecule has 3 N–H and O–H groups in total. The predicted octanol–water partition coefficient (Wildman–Crippen LogP) is 0.641. The molecule has 1 unspecified atom stereocenters. The summed E-state index contributed by atoms with van der Waals surface area (Å²) in [6.45, 7) is 2.93. The van der Waals surface area contributed by atoms with Crippen LogP contribution in [0.2, 0.25) is 0 Å². The maximum absolute atomic E-state index is 11.1. The number of hydrogen-bond donors (Lipinski definition) is 2. The first kappa shape index (κ1) is 15.5. The van der Waals surface area contributed by atoms with Crippen LogP contribution in [0, 0.1) is 10.1 Å². The average molecular weight is 297 g/mol. The van der Waals surface area contributed by atoms with Crippen LogP contribution < -0.4 is 10.5 Å². The average Bonchev–Trinajstić information content (AvgIpc) is 2.50. The third kappa shape index (κ3) is 3.23. The summed E-state index contributed by atoms with van der Waals surface area (Å²) in [5, 5.41) is 20.9. The molecule has 1 saturated heterocycles. The molecule has 0 bridgehead atoms. The van der Waals surface area contributed by atoms with Crippen molar-refractivity contribution in [1.29, 1.82) is 0 Å². The number of benzene rings is 1. The van der Waals surface area contributed by atoms with Gasteiger partial charge in [-0.05, 0) is 11.6 Å². The number of nitro groups is 1. The molecule has 0 aromatic heterocycles. The van der Waals surface area contributed by atoms with E-state index in [0.717, 1.165) is 0 Å². The highest BCUT2D eigenvalue weighted by molar-refractivity contribution is 5.57. The molecule has 1 aromatic carbocycles. The second kappa shape index (κ2) is 6.70. The van der Waals surface area contributed by atoms with Gasteiger partial charge in [-0.3, -0.25) is 15.0 Å². The predicted molar refractivity (Wildman–Crippen MR) is 75.5 cm³/mol. The number of aromatic hydroxyl groups is 1. The minimum Gasteiger partial charge on any atom is -0.500 e. The van der Waals surface area contributed by atoms with Gasteiger partial charge in [-0.25, -0.2) is 0 Å². The molecule has 0 aliphatic carbocycles. The zero-order chi connectivity index (χ0) is 15.4. The fourth-order valence-corrected chi connectivity index (χ4v) is 2.49. The summed E-state index contributed by atoms with van der Waals surface area (Å²) in [4.78, 5) is 12.5. The van der Waals surface area contributed by atoms with E-state index >= 15 is 0 Å². The van der Waals surface area contributed by atoms with E-state index in [-0.39, 0.29) is 17.5 Å². The first-order chi connectivity index (χ1) is 10.1. The quantitative estimate of drug-likeness (QED) is 0.606. The molecule has 1 aliphatic rings. The molecule has 0 saturated carbocycles. The topological polar surface area (TPSA) is 111 Å². The summed E-state index contributed by atoms with van der Waals surface area (Å²) < 4.78 is 10.3. The number of rotatable bonds is 5. The third-order valence-electron chi connectivity index (χ3n) is 3.59. The van der Waals surface area contributed by atoms with Gasteiger partial charge in [0.2, 0.25) is 5.75 Å². The van der Waals surface area contributed by atoms with E-state index in [2.05, 4.69) is 4.90 Å². The first-order valence-corrected chi connectivity index (χ1v) is 6.65. The van der Waals surface area contributed by atoms with Crippen molar-refractivity contribution in [2.75, 3.05) is 40.0 Å². The van der Waals surface area contributed by atoms with Crippen LogP contribution in [0.25, 0.3) is 0 Å². The van der Waals surface area contributed by atoms with Crippen molar-refractivity contribution in [3.63, 3.8) is 0 Å². The monoisotopic (exact) mass is 297 g/mol. The molecule has 21 heavy (non-hydrogen) atoms. The molecule has 8 nitrogen and oxygen atoms in total. The molecule has 116 valence electrons. The van der Waals surface area contributed by atoms with Crippen molar-refractivity contribution >= 4 is 5.69 Å². The van der Waals surface area contributed by atoms with E-state index in [1.54, 1.807) is 6.07 Å². The molecule has 1 fully saturated rings. The van der Waals surface area contributed by atoms with Gasteiger partial charge in [-0.2, -0.15) is 0 Å². The van der Waals surface area contributed by atoms with Gasteiger partial charge in [0.15, 0.2) is 5.75 Å². The molecule has 1 atom stereocenters. The minimum absolute atomic E-state index is 0.0749. The summed E-state index contributed by atoms with van der Waals surface area (Å²) >= 11 is 0. The molecule has 8 heteroatoms. The van der Waals surface area contributed by atoms with Gasteiger partial charge < -0.3 is 20.3 Å². The number of morpholine rings is 1. The summed E-state index contributed by atoms with van der Waals surface area (Å²) in [6.07, 6.45) is 0. The normalized spacial score (nSPS) is 17.4. The Kier molecular flexibility index (Phi) is 4.94. The number of phenols is 1. The Morgan fingerprint density at radius 3 is 2.71 bits per heavy atom. The van der Waals surface area contributed by atoms with Gasteiger partial charge >= 0.3 is 5.69 Å². The number of nitrogens with two attached hydrogens (primary N) is 1. The third-order valence-corrected chi connectivity index (χ3v) is 3.59. The lowest BCUT2D eigenvalue weighted by atomic mass is 10.0. The van der Waals surface area contributed by atoms with E-state index in [1.807, 2.05) is 0 Å². The lowest BCUT2D eigenvalue weighted by molar-refractivity contribution is -0.386. The Bertz CT molecular complexity index is 517. The molecule has 2 rings (SSSR count). The van der Waals surface area contributed by atoms with Gasteiger partial charge in [-0.1, -0.05) is 0 Å². The number of hydrogen-bond acceptors (Lipinski definition) is 7. The fraction of sp³-hybridized carbons (Fsp3) is 0.538. The van der Waals surface area contributed by atoms with Gasteiger partial charge in [-0.15, -0.1) is 0 Å². The van der Waals surface area contributed by atoms with Crippen molar-refractivity contribution in [2.45, 2.75) is 6.04 Å².